The Hall–Kier alpha value is -0.260. The summed E-state index contributed by atoms with van der Waals surface area (Å²) in [6.07, 6.45) is -2.28. The SMILES string of the molecule is NCC1COCCN1CC(F)F. The van der Waals surface area contributed by atoms with Crippen LogP contribution in [0.25, 0.3) is 0 Å². The van der Waals surface area contributed by atoms with Gasteiger partial charge in [-0.1, -0.05) is 0 Å². The molecule has 0 bridgehead atoms. The molecule has 1 unspecified atom stereocenters. The molecular weight excluding hydrogens is 166 g/mol. The second kappa shape index (κ2) is 4.69. The van der Waals surface area contributed by atoms with E-state index in [1.54, 1.807) is 4.90 Å². The normalized spacial score (nSPS) is 26.5. The Bertz CT molecular complexity index is 135. The highest BCUT2D eigenvalue weighted by atomic mass is 19.3. The van der Waals surface area contributed by atoms with Crippen LogP contribution in [0, 0.1) is 0 Å². The van der Waals surface area contributed by atoms with Crippen LogP contribution in [-0.4, -0.2) is 50.2 Å². The zero-order chi connectivity index (χ0) is 8.97. The Morgan fingerprint density at radius 1 is 1.58 bits per heavy atom. The van der Waals surface area contributed by atoms with Crippen LogP contribution in [0.15, 0.2) is 0 Å². The summed E-state index contributed by atoms with van der Waals surface area (Å²) in [5.74, 6) is 0. The van der Waals surface area contributed by atoms with Gasteiger partial charge < -0.3 is 10.5 Å². The Morgan fingerprint density at radius 2 is 2.33 bits per heavy atom. The number of halogens is 2. The van der Waals surface area contributed by atoms with E-state index in [0.29, 0.717) is 26.3 Å². The molecule has 0 aromatic heterocycles. The zero-order valence-corrected chi connectivity index (χ0v) is 6.88. The topological polar surface area (TPSA) is 38.5 Å². The fourth-order valence-corrected chi connectivity index (χ4v) is 1.32. The van der Waals surface area contributed by atoms with Crippen LogP contribution in [0.2, 0.25) is 0 Å². The highest BCUT2D eigenvalue weighted by Crippen LogP contribution is 2.08. The molecule has 0 aromatic carbocycles. The first-order valence-electron chi connectivity index (χ1n) is 4.04. The number of alkyl halides is 2. The molecule has 1 atom stereocenters. The minimum atomic E-state index is -2.28. The van der Waals surface area contributed by atoms with Gasteiger partial charge in [-0.3, -0.25) is 4.90 Å². The average Bonchev–Trinajstić information content (AvgIpc) is 2.04. The molecule has 2 N–H and O–H groups in total. The molecule has 0 saturated carbocycles. The van der Waals surface area contributed by atoms with Crippen LogP contribution in [0.1, 0.15) is 0 Å². The quantitative estimate of drug-likeness (QED) is 0.659. The maximum absolute atomic E-state index is 12.0. The van der Waals surface area contributed by atoms with Gasteiger partial charge in [0, 0.05) is 19.1 Å². The van der Waals surface area contributed by atoms with Crippen molar-refractivity contribution in [3.8, 4) is 0 Å². The number of hydrogen-bond acceptors (Lipinski definition) is 3. The largest absolute Gasteiger partial charge is 0.378 e. The van der Waals surface area contributed by atoms with Gasteiger partial charge in [0.25, 0.3) is 6.43 Å². The molecule has 3 nitrogen and oxygen atoms in total. The summed E-state index contributed by atoms with van der Waals surface area (Å²) in [5.41, 5.74) is 5.40. The van der Waals surface area contributed by atoms with E-state index < -0.39 is 6.43 Å². The lowest BCUT2D eigenvalue weighted by molar-refractivity contribution is -0.0292. The van der Waals surface area contributed by atoms with Crippen molar-refractivity contribution in [1.82, 2.24) is 4.90 Å². The van der Waals surface area contributed by atoms with E-state index in [9.17, 15) is 8.78 Å². The molecule has 1 rings (SSSR count). The highest BCUT2D eigenvalue weighted by Gasteiger charge is 2.23. The van der Waals surface area contributed by atoms with Crippen molar-refractivity contribution in [3.63, 3.8) is 0 Å². The maximum atomic E-state index is 12.0. The number of hydrogen-bond donors (Lipinski definition) is 1. The van der Waals surface area contributed by atoms with Gasteiger partial charge in [-0.05, 0) is 0 Å². The van der Waals surface area contributed by atoms with Gasteiger partial charge in [0.05, 0.1) is 19.8 Å². The predicted molar refractivity (Wildman–Crippen MR) is 41.2 cm³/mol. The van der Waals surface area contributed by atoms with Crippen molar-refractivity contribution < 1.29 is 13.5 Å². The molecule has 1 aliphatic rings. The predicted octanol–water partition coefficient (Wildman–Crippen LogP) is -0.0890. The van der Waals surface area contributed by atoms with Crippen molar-refractivity contribution in [2.45, 2.75) is 12.5 Å². The van der Waals surface area contributed by atoms with Crippen molar-refractivity contribution in [1.29, 1.82) is 0 Å². The molecular formula is C7H14F2N2O. The van der Waals surface area contributed by atoms with Gasteiger partial charge >= 0.3 is 0 Å². The maximum Gasteiger partial charge on any atom is 0.251 e. The third-order valence-corrected chi connectivity index (χ3v) is 1.99. The fourth-order valence-electron chi connectivity index (χ4n) is 1.32. The van der Waals surface area contributed by atoms with Gasteiger partial charge in [0.2, 0.25) is 0 Å². The van der Waals surface area contributed by atoms with Gasteiger partial charge in [0.15, 0.2) is 0 Å². The van der Waals surface area contributed by atoms with Gasteiger partial charge in [-0.15, -0.1) is 0 Å². The number of morpholine rings is 1. The average molecular weight is 180 g/mol. The molecule has 1 heterocycles. The summed E-state index contributed by atoms with van der Waals surface area (Å²) in [5, 5.41) is 0. The molecule has 1 aliphatic heterocycles. The second-order valence-corrected chi connectivity index (χ2v) is 2.85. The van der Waals surface area contributed by atoms with Crippen molar-refractivity contribution in [2.24, 2.45) is 5.73 Å². The first kappa shape index (κ1) is 9.83. The highest BCUT2D eigenvalue weighted by molar-refractivity contribution is 4.76. The lowest BCUT2D eigenvalue weighted by Crippen LogP contribution is -2.50. The summed E-state index contributed by atoms with van der Waals surface area (Å²) in [6.45, 7) is 1.76. The zero-order valence-electron chi connectivity index (χ0n) is 6.88. The summed E-state index contributed by atoms with van der Waals surface area (Å²) in [6, 6.07) is -0.0345. The summed E-state index contributed by atoms with van der Waals surface area (Å²) >= 11 is 0. The van der Waals surface area contributed by atoms with E-state index in [1.807, 2.05) is 0 Å². The van der Waals surface area contributed by atoms with Crippen LogP contribution < -0.4 is 5.73 Å². The van der Waals surface area contributed by atoms with Crippen LogP contribution in [-0.2, 0) is 4.74 Å². The van der Waals surface area contributed by atoms with E-state index in [0.717, 1.165) is 0 Å². The third kappa shape index (κ3) is 2.66. The summed E-state index contributed by atoms with van der Waals surface area (Å²) in [4.78, 5) is 1.69. The Balaban J connectivity index is 2.36. The molecule has 12 heavy (non-hydrogen) atoms. The Labute approximate surface area is 70.5 Å². The molecule has 0 aliphatic carbocycles. The van der Waals surface area contributed by atoms with Crippen LogP contribution in [0.5, 0.6) is 0 Å². The Kier molecular flexibility index (Phi) is 3.84. The monoisotopic (exact) mass is 180 g/mol. The number of nitrogens with two attached hydrogens (primary N) is 1. The lowest BCUT2D eigenvalue weighted by atomic mass is 10.2. The van der Waals surface area contributed by atoms with Crippen LogP contribution >= 0.6 is 0 Å². The smallest absolute Gasteiger partial charge is 0.251 e. The second-order valence-electron chi connectivity index (χ2n) is 2.85. The standard InChI is InChI=1S/C7H14F2N2O/c8-7(9)4-11-1-2-12-5-6(11)3-10/h6-7H,1-5,10H2. The molecule has 0 amide bonds. The van der Waals surface area contributed by atoms with Crippen molar-refractivity contribution in [2.75, 3.05) is 32.8 Å². The summed E-state index contributed by atoms with van der Waals surface area (Å²) in [7, 11) is 0. The van der Waals surface area contributed by atoms with Crippen molar-refractivity contribution in [3.05, 3.63) is 0 Å². The van der Waals surface area contributed by atoms with Crippen molar-refractivity contribution >= 4 is 0 Å². The van der Waals surface area contributed by atoms with E-state index in [4.69, 9.17) is 10.5 Å². The minimum absolute atomic E-state index is 0.0345. The molecule has 1 fully saturated rings. The molecule has 72 valence electrons. The van der Waals surface area contributed by atoms with Gasteiger partial charge in [-0.2, -0.15) is 0 Å². The van der Waals surface area contributed by atoms with E-state index in [-0.39, 0.29) is 12.6 Å². The fraction of sp³-hybridized carbons (Fsp3) is 1.00. The third-order valence-electron chi connectivity index (χ3n) is 1.99. The number of rotatable bonds is 3. The lowest BCUT2D eigenvalue weighted by Gasteiger charge is -2.34. The summed E-state index contributed by atoms with van der Waals surface area (Å²) < 4.78 is 29.1. The molecule has 0 aromatic rings. The first-order valence-corrected chi connectivity index (χ1v) is 4.04. The number of ether oxygens (including phenoxy) is 1. The van der Waals surface area contributed by atoms with E-state index >= 15 is 0 Å². The number of nitrogens with zero attached hydrogens (tertiary/aromatic N) is 1. The minimum Gasteiger partial charge on any atom is -0.378 e. The molecule has 1 saturated heterocycles. The molecule has 0 spiro atoms. The molecule has 0 radical (unpaired) electrons. The Morgan fingerprint density at radius 3 is 2.92 bits per heavy atom. The van der Waals surface area contributed by atoms with E-state index in [2.05, 4.69) is 0 Å². The van der Waals surface area contributed by atoms with Crippen LogP contribution in [0.4, 0.5) is 8.78 Å². The molecule has 5 heteroatoms. The first-order chi connectivity index (χ1) is 5.74. The van der Waals surface area contributed by atoms with E-state index in [1.165, 1.54) is 0 Å². The van der Waals surface area contributed by atoms with Gasteiger partial charge in [-0.25, -0.2) is 8.78 Å². The van der Waals surface area contributed by atoms with Gasteiger partial charge in [0.1, 0.15) is 0 Å². The van der Waals surface area contributed by atoms with Crippen LogP contribution in [0.3, 0.4) is 0 Å².